The molecule has 1 nitrogen and oxygen atoms in total. The van der Waals surface area contributed by atoms with Gasteiger partial charge in [0.1, 0.15) is 0 Å². The van der Waals surface area contributed by atoms with Gasteiger partial charge in [0.05, 0.1) is 0 Å². The number of carbonyl (C=O) groups is 1. The summed E-state index contributed by atoms with van der Waals surface area (Å²) in [5.74, 6) is 0.739. The van der Waals surface area contributed by atoms with Gasteiger partial charge in [0, 0.05) is 5.56 Å². The molecule has 1 aromatic carbocycles. The van der Waals surface area contributed by atoms with Crippen molar-refractivity contribution < 1.29 is 4.79 Å². The lowest BCUT2D eigenvalue weighted by Gasteiger charge is -2.06. The Morgan fingerprint density at radius 2 is 1.88 bits per heavy atom. The molecule has 0 heterocycles. The zero-order valence-electron chi connectivity index (χ0n) is 9.99. The van der Waals surface area contributed by atoms with E-state index in [1.54, 1.807) is 0 Å². The van der Waals surface area contributed by atoms with Crippen LogP contribution in [0.2, 0.25) is 0 Å². The third-order valence-electron chi connectivity index (χ3n) is 3.17. The third-order valence-corrected chi connectivity index (χ3v) is 3.17. The van der Waals surface area contributed by atoms with Crippen molar-refractivity contribution in [3.05, 3.63) is 47.0 Å². The van der Waals surface area contributed by atoms with E-state index in [1.807, 2.05) is 12.1 Å². The predicted octanol–water partition coefficient (Wildman–Crippen LogP) is 4.10. The fourth-order valence-corrected chi connectivity index (χ4v) is 2.08. The molecule has 84 valence electrons. The molecule has 0 saturated heterocycles. The number of allylic oxidation sites excluding steroid dienone is 2. The van der Waals surface area contributed by atoms with Gasteiger partial charge in [0.2, 0.25) is 0 Å². The van der Waals surface area contributed by atoms with Crippen LogP contribution in [-0.4, -0.2) is 5.78 Å². The van der Waals surface area contributed by atoms with Crippen LogP contribution in [0, 0.1) is 0 Å². The van der Waals surface area contributed by atoms with E-state index >= 15 is 0 Å². The molecule has 0 amide bonds. The zero-order chi connectivity index (χ0) is 11.5. The van der Waals surface area contributed by atoms with Gasteiger partial charge in [-0.25, -0.2) is 0 Å². The van der Waals surface area contributed by atoms with Crippen molar-refractivity contribution >= 4 is 5.78 Å². The minimum atomic E-state index is 0.216. The summed E-state index contributed by atoms with van der Waals surface area (Å²) in [4.78, 5) is 12.1. The third kappa shape index (κ3) is 2.24. The Hall–Kier alpha value is -1.37. The molecule has 0 atom stereocenters. The number of ketones is 1. The summed E-state index contributed by atoms with van der Waals surface area (Å²) in [7, 11) is 0. The quantitative estimate of drug-likeness (QED) is 0.692. The fourth-order valence-electron chi connectivity index (χ4n) is 2.08. The van der Waals surface area contributed by atoms with E-state index in [2.05, 4.69) is 32.1 Å². The first-order valence-electron chi connectivity index (χ1n) is 6.02. The van der Waals surface area contributed by atoms with E-state index in [0.29, 0.717) is 5.92 Å². The minimum Gasteiger partial charge on any atom is -0.289 e. The second-order valence-electron chi connectivity index (χ2n) is 4.73. The molecule has 0 aromatic heterocycles. The molecule has 1 aliphatic rings. The van der Waals surface area contributed by atoms with Crippen molar-refractivity contribution in [3.8, 4) is 0 Å². The van der Waals surface area contributed by atoms with Gasteiger partial charge in [-0.15, -0.1) is 0 Å². The maximum absolute atomic E-state index is 12.1. The Bertz CT molecular complexity index is 410. The molecule has 0 N–H and O–H groups in total. The first-order valence-corrected chi connectivity index (χ1v) is 6.02. The molecule has 0 fully saturated rings. The Labute approximate surface area is 97.2 Å². The van der Waals surface area contributed by atoms with Gasteiger partial charge in [-0.3, -0.25) is 4.79 Å². The lowest BCUT2D eigenvalue weighted by atomic mass is 9.98. The second kappa shape index (κ2) is 4.65. The number of rotatable bonds is 3. The summed E-state index contributed by atoms with van der Waals surface area (Å²) < 4.78 is 0. The molecular weight excluding hydrogens is 196 g/mol. The zero-order valence-corrected chi connectivity index (χ0v) is 9.99. The van der Waals surface area contributed by atoms with Crippen molar-refractivity contribution in [2.45, 2.75) is 39.0 Å². The van der Waals surface area contributed by atoms with Crippen molar-refractivity contribution in [2.24, 2.45) is 0 Å². The van der Waals surface area contributed by atoms with Crippen molar-refractivity contribution in [1.82, 2.24) is 0 Å². The van der Waals surface area contributed by atoms with Crippen LogP contribution in [0.25, 0.3) is 0 Å². The maximum Gasteiger partial charge on any atom is 0.188 e. The minimum absolute atomic E-state index is 0.216. The van der Waals surface area contributed by atoms with Crippen molar-refractivity contribution in [3.63, 3.8) is 0 Å². The second-order valence-corrected chi connectivity index (χ2v) is 4.73. The Morgan fingerprint density at radius 1 is 1.19 bits per heavy atom. The van der Waals surface area contributed by atoms with Gasteiger partial charge >= 0.3 is 0 Å². The van der Waals surface area contributed by atoms with Crippen LogP contribution in [0.1, 0.15) is 54.9 Å². The smallest absolute Gasteiger partial charge is 0.188 e. The van der Waals surface area contributed by atoms with E-state index in [9.17, 15) is 4.79 Å². The number of Topliss-reactive ketones (excluding diaryl/α,β-unsaturated/α-hetero) is 1. The molecule has 0 saturated carbocycles. The lowest BCUT2D eigenvalue weighted by molar-refractivity contribution is 0.103. The van der Waals surface area contributed by atoms with Crippen LogP contribution in [0.4, 0.5) is 0 Å². The molecule has 0 spiro atoms. The average Bonchev–Trinajstić information content (AvgIpc) is 2.81. The molecule has 1 aromatic rings. The van der Waals surface area contributed by atoms with Gasteiger partial charge in [-0.05, 0) is 36.3 Å². The summed E-state index contributed by atoms with van der Waals surface area (Å²) in [6.45, 7) is 4.33. The molecule has 0 radical (unpaired) electrons. The van der Waals surface area contributed by atoms with Gasteiger partial charge in [0.25, 0.3) is 0 Å². The summed E-state index contributed by atoms with van der Waals surface area (Å²) in [5.41, 5.74) is 3.12. The largest absolute Gasteiger partial charge is 0.289 e. The molecule has 16 heavy (non-hydrogen) atoms. The summed E-state index contributed by atoms with van der Waals surface area (Å²) in [6.07, 6.45) is 5.22. The van der Waals surface area contributed by atoms with Gasteiger partial charge in [0.15, 0.2) is 5.78 Å². The predicted molar refractivity (Wildman–Crippen MR) is 66.8 cm³/mol. The van der Waals surface area contributed by atoms with Crippen LogP contribution < -0.4 is 0 Å². The first kappa shape index (κ1) is 11.1. The highest BCUT2D eigenvalue weighted by Crippen LogP contribution is 2.23. The molecule has 1 aliphatic carbocycles. The number of benzene rings is 1. The average molecular weight is 214 g/mol. The highest BCUT2D eigenvalue weighted by atomic mass is 16.1. The molecule has 0 unspecified atom stereocenters. The van der Waals surface area contributed by atoms with Crippen LogP contribution in [-0.2, 0) is 0 Å². The summed E-state index contributed by atoms with van der Waals surface area (Å²) in [5, 5.41) is 0. The molecular formula is C15H18O. The van der Waals surface area contributed by atoms with Crippen LogP contribution in [0.3, 0.4) is 0 Å². The maximum atomic E-state index is 12.1. The lowest BCUT2D eigenvalue weighted by Crippen LogP contribution is -2.01. The normalized spacial score (nSPS) is 15.3. The van der Waals surface area contributed by atoms with Crippen LogP contribution in [0.5, 0.6) is 0 Å². The molecule has 0 bridgehead atoms. The van der Waals surface area contributed by atoms with E-state index in [-0.39, 0.29) is 5.78 Å². The van der Waals surface area contributed by atoms with Crippen molar-refractivity contribution in [2.75, 3.05) is 0 Å². The standard InChI is InChI=1S/C15H18O/c1-11(2)12-7-9-14(10-8-12)15(16)13-5-3-4-6-13/h5,7-11H,3-4,6H2,1-2H3. The Balaban J connectivity index is 2.18. The van der Waals surface area contributed by atoms with Gasteiger partial charge < -0.3 is 0 Å². The molecule has 1 heteroatoms. The first-order chi connectivity index (χ1) is 7.68. The van der Waals surface area contributed by atoms with Gasteiger partial charge in [-0.2, -0.15) is 0 Å². The van der Waals surface area contributed by atoms with Crippen LogP contribution >= 0.6 is 0 Å². The van der Waals surface area contributed by atoms with E-state index in [0.717, 1.165) is 30.4 Å². The van der Waals surface area contributed by atoms with Gasteiger partial charge in [-0.1, -0.05) is 44.2 Å². The van der Waals surface area contributed by atoms with E-state index < -0.39 is 0 Å². The van der Waals surface area contributed by atoms with Crippen molar-refractivity contribution in [1.29, 1.82) is 0 Å². The Morgan fingerprint density at radius 3 is 2.38 bits per heavy atom. The molecule has 0 aliphatic heterocycles. The number of hydrogen-bond acceptors (Lipinski definition) is 1. The summed E-state index contributed by atoms with van der Waals surface area (Å²) in [6, 6.07) is 8.04. The highest BCUT2D eigenvalue weighted by molar-refractivity contribution is 6.08. The van der Waals surface area contributed by atoms with E-state index in [4.69, 9.17) is 0 Å². The SMILES string of the molecule is CC(C)c1ccc(C(=O)C2=CCCC2)cc1. The number of carbonyl (C=O) groups excluding carboxylic acids is 1. The monoisotopic (exact) mass is 214 g/mol. The topological polar surface area (TPSA) is 17.1 Å². The number of hydrogen-bond donors (Lipinski definition) is 0. The summed E-state index contributed by atoms with van der Waals surface area (Å²) >= 11 is 0. The Kier molecular flexibility index (Phi) is 3.23. The molecule has 2 rings (SSSR count). The van der Waals surface area contributed by atoms with E-state index in [1.165, 1.54) is 5.56 Å². The fraction of sp³-hybridized carbons (Fsp3) is 0.400. The van der Waals surface area contributed by atoms with Crippen LogP contribution in [0.15, 0.2) is 35.9 Å². The highest BCUT2D eigenvalue weighted by Gasteiger charge is 2.15.